The van der Waals surface area contributed by atoms with E-state index in [2.05, 4.69) is 4.98 Å². The number of methoxy groups -OCH3 is 1. The maximum atomic E-state index is 14.3. The molecule has 3 aromatic rings. The van der Waals surface area contributed by atoms with E-state index in [1.54, 1.807) is 23.8 Å². The van der Waals surface area contributed by atoms with Crippen LogP contribution >= 0.6 is 11.6 Å². The number of benzene rings is 2. The highest BCUT2D eigenvalue weighted by atomic mass is 35.5. The van der Waals surface area contributed by atoms with Crippen LogP contribution in [0.3, 0.4) is 0 Å². The highest BCUT2D eigenvalue weighted by molar-refractivity contribution is 6.20. The topological polar surface area (TPSA) is 27.1 Å². The van der Waals surface area contributed by atoms with Gasteiger partial charge in [0.1, 0.15) is 17.4 Å². The molecular weight excluding hydrogens is 291 g/mol. The van der Waals surface area contributed by atoms with Crippen molar-refractivity contribution in [1.82, 2.24) is 9.55 Å². The van der Waals surface area contributed by atoms with Gasteiger partial charge in [0, 0.05) is 6.07 Å². The molecule has 1 aromatic heterocycles. The van der Waals surface area contributed by atoms with Crippen molar-refractivity contribution in [3.63, 3.8) is 0 Å². The molecule has 1 heterocycles. The Hall–Kier alpha value is -2.07. The Labute approximate surface area is 126 Å². The van der Waals surface area contributed by atoms with Crippen LogP contribution in [0.5, 0.6) is 5.75 Å². The zero-order valence-electron chi connectivity index (χ0n) is 11.7. The molecule has 1 unspecified atom stereocenters. The number of fused-ring (bicyclic) bond motifs is 1. The number of imidazole rings is 1. The van der Waals surface area contributed by atoms with Crippen LogP contribution in [0.25, 0.3) is 16.7 Å². The number of alkyl halides is 1. The van der Waals surface area contributed by atoms with Gasteiger partial charge < -0.3 is 4.74 Å². The average Bonchev–Trinajstić information content (AvgIpc) is 2.87. The second-order valence-electron chi connectivity index (χ2n) is 4.73. The third kappa shape index (κ3) is 2.36. The number of halogens is 2. The van der Waals surface area contributed by atoms with Crippen LogP contribution in [0.15, 0.2) is 42.5 Å². The molecule has 21 heavy (non-hydrogen) atoms. The van der Waals surface area contributed by atoms with Gasteiger partial charge >= 0.3 is 0 Å². The van der Waals surface area contributed by atoms with Gasteiger partial charge in [-0.25, -0.2) is 9.37 Å². The fourth-order valence-corrected chi connectivity index (χ4v) is 2.50. The SMILES string of the molecule is COc1ccc(F)c(-n2c(C(C)Cl)nc3ccccc32)c1. The van der Waals surface area contributed by atoms with Crippen molar-refractivity contribution in [2.75, 3.05) is 7.11 Å². The maximum Gasteiger partial charge on any atom is 0.147 e. The molecule has 108 valence electrons. The van der Waals surface area contributed by atoms with Crippen LogP contribution in [0.1, 0.15) is 18.1 Å². The van der Waals surface area contributed by atoms with Crippen molar-refractivity contribution in [2.45, 2.75) is 12.3 Å². The van der Waals surface area contributed by atoms with E-state index in [4.69, 9.17) is 16.3 Å². The molecule has 0 fully saturated rings. The van der Waals surface area contributed by atoms with Gasteiger partial charge in [0.25, 0.3) is 0 Å². The van der Waals surface area contributed by atoms with Gasteiger partial charge in [-0.15, -0.1) is 11.6 Å². The minimum absolute atomic E-state index is 0.344. The number of aromatic nitrogens is 2. The Morgan fingerprint density at radius 1 is 1.24 bits per heavy atom. The minimum Gasteiger partial charge on any atom is -0.497 e. The second kappa shape index (κ2) is 5.37. The van der Waals surface area contributed by atoms with Crippen LogP contribution in [0.2, 0.25) is 0 Å². The first kappa shape index (κ1) is 13.9. The highest BCUT2D eigenvalue weighted by Crippen LogP contribution is 2.30. The molecule has 0 aliphatic carbocycles. The van der Waals surface area contributed by atoms with Gasteiger partial charge in [-0.05, 0) is 31.2 Å². The smallest absolute Gasteiger partial charge is 0.147 e. The Bertz CT molecular complexity index is 798. The summed E-state index contributed by atoms with van der Waals surface area (Å²) in [6, 6.07) is 12.2. The number of para-hydroxylation sites is 2. The summed E-state index contributed by atoms with van der Waals surface area (Å²) in [5, 5.41) is -0.344. The van der Waals surface area contributed by atoms with Crippen molar-refractivity contribution in [1.29, 1.82) is 0 Å². The molecule has 3 rings (SSSR count). The number of nitrogens with zero attached hydrogens (tertiary/aromatic N) is 2. The van der Waals surface area contributed by atoms with Crippen LogP contribution in [-0.2, 0) is 0 Å². The van der Waals surface area contributed by atoms with E-state index in [1.807, 2.05) is 31.2 Å². The fraction of sp³-hybridized carbons (Fsp3) is 0.188. The molecule has 0 bridgehead atoms. The predicted molar refractivity (Wildman–Crippen MR) is 81.8 cm³/mol. The zero-order valence-corrected chi connectivity index (χ0v) is 12.4. The zero-order chi connectivity index (χ0) is 15.0. The Morgan fingerprint density at radius 2 is 2.00 bits per heavy atom. The normalized spacial score (nSPS) is 12.6. The number of hydrogen-bond donors (Lipinski definition) is 0. The van der Waals surface area contributed by atoms with Gasteiger partial charge in [0.15, 0.2) is 0 Å². The van der Waals surface area contributed by atoms with Crippen molar-refractivity contribution in [3.05, 3.63) is 54.1 Å². The first-order chi connectivity index (χ1) is 10.1. The van der Waals surface area contributed by atoms with Gasteiger partial charge in [-0.2, -0.15) is 0 Å². The second-order valence-corrected chi connectivity index (χ2v) is 5.38. The summed E-state index contributed by atoms with van der Waals surface area (Å²) < 4.78 is 21.2. The van der Waals surface area contributed by atoms with Crippen LogP contribution in [-0.4, -0.2) is 16.7 Å². The molecule has 0 aliphatic rings. The molecule has 0 amide bonds. The van der Waals surface area contributed by atoms with Crippen molar-refractivity contribution in [3.8, 4) is 11.4 Å². The molecule has 0 saturated carbocycles. The standard InChI is InChI=1S/C16H14ClFN2O/c1-10(17)16-19-13-5-3-4-6-14(13)20(16)15-9-11(21-2)7-8-12(15)18/h3-10H,1-2H3. The largest absolute Gasteiger partial charge is 0.497 e. The summed E-state index contributed by atoms with van der Waals surface area (Å²) in [7, 11) is 1.55. The van der Waals surface area contributed by atoms with Gasteiger partial charge in [0.2, 0.25) is 0 Å². The molecule has 0 aliphatic heterocycles. The molecule has 3 nitrogen and oxygen atoms in total. The minimum atomic E-state index is -0.350. The quantitative estimate of drug-likeness (QED) is 0.667. The van der Waals surface area contributed by atoms with Crippen LogP contribution in [0, 0.1) is 5.82 Å². The summed E-state index contributed by atoms with van der Waals surface area (Å²) in [5.74, 6) is 0.833. The van der Waals surface area contributed by atoms with E-state index >= 15 is 0 Å². The molecule has 5 heteroatoms. The summed E-state index contributed by atoms with van der Waals surface area (Å²) in [4.78, 5) is 4.51. The highest BCUT2D eigenvalue weighted by Gasteiger charge is 2.18. The molecule has 1 atom stereocenters. The average molecular weight is 305 g/mol. The first-order valence-corrected chi connectivity index (χ1v) is 7.01. The first-order valence-electron chi connectivity index (χ1n) is 6.57. The van der Waals surface area contributed by atoms with Crippen LogP contribution < -0.4 is 4.74 Å². The molecule has 2 aromatic carbocycles. The lowest BCUT2D eigenvalue weighted by Crippen LogP contribution is -2.04. The van der Waals surface area contributed by atoms with E-state index in [9.17, 15) is 4.39 Å². The van der Waals surface area contributed by atoms with Gasteiger partial charge in [0.05, 0.1) is 29.2 Å². The molecule has 0 saturated heterocycles. The lowest BCUT2D eigenvalue weighted by molar-refractivity contribution is 0.413. The van der Waals surface area contributed by atoms with E-state index < -0.39 is 0 Å². The van der Waals surface area contributed by atoms with E-state index in [1.165, 1.54) is 6.07 Å². The van der Waals surface area contributed by atoms with E-state index in [-0.39, 0.29) is 11.2 Å². The van der Waals surface area contributed by atoms with Crippen molar-refractivity contribution >= 4 is 22.6 Å². The summed E-state index contributed by atoms with van der Waals surface area (Å²) in [5.41, 5.74) is 1.97. The number of hydrogen-bond acceptors (Lipinski definition) is 2. The Kier molecular flexibility index (Phi) is 3.55. The summed E-state index contributed by atoms with van der Waals surface area (Å²) in [6.45, 7) is 1.82. The number of ether oxygens (including phenoxy) is 1. The summed E-state index contributed by atoms with van der Waals surface area (Å²) in [6.07, 6.45) is 0. The van der Waals surface area contributed by atoms with Crippen molar-refractivity contribution in [2.24, 2.45) is 0 Å². The van der Waals surface area contributed by atoms with Gasteiger partial charge in [-0.1, -0.05) is 12.1 Å². The Morgan fingerprint density at radius 3 is 2.71 bits per heavy atom. The summed E-state index contributed by atoms with van der Waals surface area (Å²) >= 11 is 6.22. The molecule has 0 spiro atoms. The maximum absolute atomic E-state index is 14.3. The third-order valence-electron chi connectivity index (χ3n) is 3.34. The van der Waals surface area contributed by atoms with Crippen LogP contribution in [0.4, 0.5) is 4.39 Å². The van der Waals surface area contributed by atoms with E-state index in [0.717, 1.165) is 11.0 Å². The Balaban J connectivity index is 2.35. The lowest BCUT2D eigenvalue weighted by Gasteiger charge is -2.12. The molecular formula is C16H14ClFN2O. The monoisotopic (exact) mass is 304 g/mol. The van der Waals surface area contributed by atoms with Gasteiger partial charge in [-0.3, -0.25) is 4.57 Å². The number of rotatable bonds is 3. The van der Waals surface area contributed by atoms with E-state index in [0.29, 0.717) is 17.3 Å². The predicted octanol–water partition coefficient (Wildman–Crippen LogP) is 4.47. The molecule has 0 radical (unpaired) electrons. The molecule has 0 N–H and O–H groups in total. The lowest BCUT2D eigenvalue weighted by atomic mass is 10.2. The third-order valence-corrected chi connectivity index (χ3v) is 3.53. The fourth-order valence-electron chi connectivity index (χ4n) is 2.36. The van der Waals surface area contributed by atoms with Crippen molar-refractivity contribution < 1.29 is 9.13 Å².